The van der Waals surface area contributed by atoms with Gasteiger partial charge in [0, 0.05) is 0 Å². The average Bonchev–Trinajstić information content (AvgIpc) is 2.90. The first kappa shape index (κ1) is 23.1. The summed E-state index contributed by atoms with van der Waals surface area (Å²) >= 11 is 0. The van der Waals surface area contributed by atoms with Crippen LogP contribution in [0.25, 0.3) is 0 Å². The Bertz CT molecular complexity index is 1250. The molecular formula is C28H23N5O2. The van der Waals surface area contributed by atoms with Crippen LogP contribution in [0.4, 0.5) is 11.4 Å². The molecule has 0 spiro atoms. The molecule has 0 aliphatic heterocycles. The van der Waals surface area contributed by atoms with Gasteiger partial charge in [0.15, 0.2) is 0 Å². The van der Waals surface area contributed by atoms with Crippen LogP contribution in [0, 0.1) is 0 Å². The fraction of sp³-hybridized carbons (Fsp3) is 0. The summed E-state index contributed by atoms with van der Waals surface area (Å²) in [5, 5.41) is 11.3. The van der Waals surface area contributed by atoms with Crippen molar-refractivity contribution in [1.82, 2.24) is 10.9 Å². The van der Waals surface area contributed by atoms with Gasteiger partial charge in [-0.1, -0.05) is 84.9 Å². The number of benzene rings is 4. The van der Waals surface area contributed by atoms with Crippen LogP contribution in [-0.2, 0) is 0 Å². The molecule has 0 atom stereocenters. The third-order valence-electron chi connectivity index (χ3n) is 4.97. The number of amides is 2. The molecule has 0 bridgehead atoms. The van der Waals surface area contributed by atoms with Gasteiger partial charge in [-0.05, 0) is 35.4 Å². The molecule has 172 valence electrons. The Labute approximate surface area is 203 Å². The molecule has 0 unspecified atom stereocenters. The summed E-state index contributed by atoms with van der Waals surface area (Å²) in [6.07, 6.45) is 3.15. The number of anilines is 2. The third kappa shape index (κ3) is 6.49. The molecule has 3 N–H and O–H groups in total. The molecule has 0 radical (unpaired) electrons. The van der Waals surface area contributed by atoms with Crippen LogP contribution in [0.15, 0.2) is 119 Å². The van der Waals surface area contributed by atoms with E-state index in [0.29, 0.717) is 22.5 Å². The predicted molar refractivity (Wildman–Crippen MR) is 139 cm³/mol. The van der Waals surface area contributed by atoms with Crippen molar-refractivity contribution in [2.45, 2.75) is 0 Å². The number of hydrogen-bond acceptors (Lipinski definition) is 5. The fourth-order valence-corrected chi connectivity index (χ4v) is 3.25. The van der Waals surface area contributed by atoms with Crippen molar-refractivity contribution in [2.24, 2.45) is 10.2 Å². The van der Waals surface area contributed by atoms with Crippen LogP contribution in [0.3, 0.4) is 0 Å². The lowest BCUT2D eigenvalue weighted by Crippen LogP contribution is -2.20. The third-order valence-corrected chi connectivity index (χ3v) is 4.97. The van der Waals surface area contributed by atoms with Crippen LogP contribution >= 0.6 is 0 Å². The Balaban J connectivity index is 1.47. The van der Waals surface area contributed by atoms with E-state index >= 15 is 0 Å². The van der Waals surface area contributed by atoms with Crippen molar-refractivity contribution in [1.29, 1.82) is 0 Å². The van der Waals surface area contributed by atoms with E-state index < -0.39 is 0 Å². The number of carbonyl (C=O) groups excluding carboxylic acids is 2. The van der Waals surface area contributed by atoms with E-state index in [2.05, 4.69) is 26.4 Å². The summed E-state index contributed by atoms with van der Waals surface area (Å²) in [5.74, 6) is -0.760. The molecule has 0 saturated carbocycles. The molecule has 0 aromatic heterocycles. The quantitative estimate of drug-likeness (QED) is 0.256. The number of para-hydroxylation sites is 2. The Kier molecular flexibility index (Phi) is 7.74. The Hall–Kier alpha value is -5.04. The highest BCUT2D eigenvalue weighted by Crippen LogP contribution is 2.24. The van der Waals surface area contributed by atoms with Crippen molar-refractivity contribution < 1.29 is 9.59 Å². The van der Waals surface area contributed by atoms with E-state index in [1.807, 2.05) is 60.7 Å². The summed E-state index contributed by atoms with van der Waals surface area (Å²) in [4.78, 5) is 25.6. The van der Waals surface area contributed by atoms with Crippen LogP contribution in [0.5, 0.6) is 0 Å². The van der Waals surface area contributed by atoms with Gasteiger partial charge >= 0.3 is 0 Å². The molecule has 4 rings (SSSR count). The van der Waals surface area contributed by atoms with Crippen molar-refractivity contribution in [3.8, 4) is 0 Å². The fourth-order valence-electron chi connectivity index (χ4n) is 3.25. The second-order valence-electron chi connectivity index (χ2n) is 7.44. The zero-order valence-electron chi connectivity index (χ0n) is 18.8. The molecule has 4 aromatic rings. The minimum atomic E-state index is -0.380. The van der Waals surface area contributed by atoms with Crippen LogP contribution in [-0.4, -0.2) is 24.2 Å². The minimum absolute atomic E-state index is 0.380. The standard InChI is InChI=1S/C28H23N5O2/c34-27(32-29-19-21-11-3-1-4-12-21)23-15-7-9-17-25(23)31-26-18-10-8-16-24(26)28(35)33-30-20-22-13-5-2-6-14-22/h1-20,31H,(H,32,34)(H,33,35)/b29-19-,30-20+. The molecule has 0 aliphatic carbocycles. The molecule has 7 heteroatoms. The molecule has 4 aromatic carbocycles. The van der Waals surface area contributed by atoms with E-state index in [1.165, 1.54) is 0 Å². The normalized spacial score (nSPS) is 10.9. The second kappa shape index (κ2) is 11.7. The summed E-state index contributed by atoms with van der Waals surface area (Å²) in [6, 6.07) is 33.0. The lowest BCUT2D eigenvalue weighted by atomic mass is 10.1. The van der Waals surface area contributed by atoms with Crippen LogP contribution in [0.2, 0.25) is 0 Å². The second-order valence-corrected chi connectivity index (χ2v) is 7.44. The SMILES string of the molecule is O=C(N/N=C\c1ccccc1)c1ccccc1Nc1ccccc1C(=O)N/N=C/c1ccccc1. The molecule has 0 saturated heterocycles. The number of nitrogens with zero attached hydrogens (tertiary/aromatic N) is 2. The number of nitrogens with one attached hydrogen (secondary N) is 3. The maximum Gasteiger partial charge on any atom is 0.273 e. The molecule has 0 heterocycles. The maximum atomic E-state index is 12.8. The molecule has 7 nitrogen and oxygen atoms in total. The predicted octanol–water partition coefficient (Wildman–Crippen LogP) is 4.96. The molecular weight excluding hydrogens is 438 g/mol. The van der Waals surface area contributed by atoms with Gasteiger partial charge in [-0.3, -0.25) is 9.59 Å². The first-order valence-corrected chi connectivity index (χ1v) is 10.9. The van der Waals surface area contributed by atoms with Gasteiger partial charge in [-0.25, -0.2) is 10.9 Å². The number of carbonyl (C=O) groups is 2. The summed E-state index contributed by atoms with van der Waals surface area (Å²) in [5.41, 5.74) is 8.67. The van der Waals surface area contributed by atoms with Gasteiger partial charge in [0.05, 0.1) is 34.9 Å². The van der Waals surface area contributed by atoms with Gasteiger partial charge in [-0.15, -0.1) is 0 Å². The van der Waals surface area contributed by atoms with Crippen molar-refractivity contribution in [3.05, 3.63) is 131 Å². The Morgan fingerprint density at radius 2 is 0.886 bits per heavy atom. The zero-order valence-corrected chi connectivity index (χ0v) is 18.8. The van der Waals surface area contributed by atoms with Gasteiger partial charge in [0.2, 0.25) is 0 Å². The van der Waals surface area contributed by atoms with E-state index in [9.17, 15) is 9.59 Å². The average molecular weight is 462 g/mol. The monoisotopic (exact) mass is 461 g/mol. The number of rotatable bonds is 8. The minimum Gasteiger partial charge on any atom is -0.354 e. The Morgan fingerprint density at radius 3 is 1.31 bits per heavy atom. The maximum absolute atomic E-state index is 12.8. The number of hydrazone groups is 2. The van der Waals surface area contributed by atoms with Crippen molar-refractivity contribution in [3.63, 3.8) is 0 Å². The van der Waals surface area contributed by atoms with E-state index in [0.717, 1.165) is 11.1 Å². The van der Waals surface area contributed by atoms with Crippen LogP contribution in [0.1, 0.15) is 31.8 Å². The van der Waals surface area contributed by atoms with Crippen molar-refractivity contribution >= 4 is 35.6 Å². The lowest BCUT2D eigenvalue weighted by Gasteiger charge is -2.14. The topological polar surface area (TPSA) is 95.0 Å². The molecule has 2 amide bonds. The van der Waals surface area contributed by atoms with E-state index in [-0.39, 0.29) is 11.8 Å². The van der Waals surface area contributed by atoms with E-state index in [4.69, 9.17) is 0 Å². The highest BCUT2D eigenvalue weighted by molar-refractivity contribution is 6.03. The first-order chi connectivity index (χ1) is 17.2. The molecule has 0 fully saturated rings. The zero-order chi connectivity index (χ0) is 24.3. The highest BCUT2D eigenvalue weighted by Gasteiger charge is 2.14. The van der Waals surface area contributed by atoms with Gasteiger partial charge in [0.25, 0.3) is 11.8 Å². The summed E-state index contributed by atoms with van der Waals surface area (Å²) in [7, 11) is 0. The smallest absolute Gasteiger partial charge is 0.273 e. The molecule has 35 heavy (non-hydrogen) atoms. The van der Waals surface area contributed by atoms with E-state index in [1.54, 1.807) is 61.0 Å². The summed E-state index contributed by atoms with van der Waals surface area (Å²) < 4.78 is 0. The molecule has 0 aliphatic rings. The lowest BCUT2D eigenvalue weighted by molar-refractivity contribution is 0.0948. The number of hydrogen-bond donors (Lipinski definition) is 3. The largest absolute Gasteiger partial charge is 0.354 e. The van der Waals surface area contributed by atoms with Gasteiger partial charge in [0.1, 0.15) is 0 Å². The summed E-state index contributed by atoms with van der Waals surface area (Å²) in [6.45, 7) is 0. The Morgan fingerprint density at radius 1 is 0.514 bits per heavy atom. The highest BCUT2D eigenvalue weighted by atomic mass is 16.2. The van der Waals surface area contributed by atoms with Crippen LogP contribution < -0.4 is 16.2 Å². The van der Waals surface area contributed by atoms with Gasteiger partial charge < -0.3 is 5.32 Å². The van der Waals surface area contributed by atoms with Gasteiger partial charge in [-0.2, -0.15) is 10.2 Å². The van der Waals surface area contributed by atoms with Crippen molar-refractivity contribution in [2.75, 3.05) is 5.32 Å². The first-order valence-electron chi connectivity index (χ1n) is 10.9.